The summed E-state index contributed by atoms with van der Waals surface area (Å²) < 4.78 is 1.77. The van der Waals surface area contributed by atoms with Gasteiger partial charge < -0.3 is 10.0 Å². The van der Waals surface area contributed by atoms with Gasteiger partial charge in [0.15, 0.2) is 0 Å². The van der Waals surface area contributed by atoms with Crippen molar-refractivity contribution in [2.24, 2.45) is 0 Å². The van der Waals surface area contributed by atoms with E-state index in [1.165, 1.54) is 12.5 Å². The number of carboxylic acid groups (broad SMARTS) is 1. The molecule has 0 spiro atoms. The van der Waals surface area contributed by atoms with Crippen LogP contribution in [0, 0.1) is 6.92 Å². The Morgan fingerprint density at radius 1 is 1.07 bits per heavy atom. The topological polar surface area (TPSA) is 101 Å². The zero-order valence-corrected chi connectivity index (χ0v) is 16.0. The lowest BCUT2D eigenvalue weighted by Crippen LogP contribution is -2.39. The summed E-state index contributed by atoms with van der Waals surface area (Å²) in [5.74, 6) is -1.06. The molecule has 0 saturated carbocycles. The lowest BCUT2D eigenvalue weighted by Gasteiger charge is -2.33. The van der Waals surface area contributed by atoms with E-state index in [2.05, 4.69) is 15.1 Å². The maximum absolute atomic E-state index is 13.1. The number of nitrogens with zero attached hydrogens (tertiary/aromatic N) is 5. The van der Waals surface area contributed by atoms with Crippen LogP contribution in [-0.4, -0.2) is 54.7 Å². The van der Waals surface area contributed by atoms with Crippen molar-refractivity contribution in [1.82, 2.24) is 24.6 Å². The van der Waals surface area contributed by atoms with Gasteiger partial charge in [0.2, 0.25) is 0 Å². The van der Waals surface area contributed by atoms with Crippen molar-refractivity contribution in [3.63, 3.8) is 0 Å². The number of aromatic carboxylic acids is 1. The van der Waals surface area contributed by atoms with Crippen LogP contribution in [0.2, 0.25) is 0 Å². The Kier molecular flexibility index (Phi) is 5.07. The van der Waals surface area contributed by atoms with Gasteiger partial charge in [0.1, 0.15) is 11.9 Å². The molecular formula is C21H21N5O3. The highest BCUT2D eigenvalue weighted by molar-refractivity contribution is 5.99. The first-order valence-electron chi connectivity index (χ1n) is 9.48. The number of aromatic nitrogens is 4. The molecule has 1 amide bonds. The number of rotatable bonds is 4. The molecular weight excluding hydrogens is 370 g/mol. The third kappa shape index (κ3) is 3.61. The van der Waals surface area contributed by atoms with Crippen molar-refractivity contribution in [3.05, 3.63) is 65.9 Å². The van der Waals surface area contributed by atoms with Crippen molar-refractivity contribution >= 4 is 11.9 Å². The Morgan fingerprint density at radius 3 is 2.45 bits per heavy atom. The average molecular weight is 391 g/mol. The minimum absolute atomic E-state index is 0.0766. The van der Waals surface area contributed by atoms with Crippen molar-refractivity contribution in [1.29, 1.82) is 0 Å². The van der Waals surface area contributed by atoms with E-state index in [4.69, 9.17) is 0 Å². The molecule has 0 aliphatic carbocycles. The van der Waals surface area contributed by atoms with Gasteiger partial charge in [-0.3, -0.25) is 9.48 Å². The summed E-state index contributed by atoms with van der Waals surface area (Å²) in [7, 11) is 0. The standard InChI is InChI=1S/C21H21N5O3/c1-14-17(21(28)29)12-24-26(14)16-7-9-25(10-8-16)20(27)18-11-22-13-23-19(18)15-5-3-2-4-6-15/h2-6,11-13,16H,7-10H2,1H3,(H,28,29). The van der Waals surface area contributed by atoms with Crippen LogP contribution in [0.1, 0.15) is 45.3 Å². The highest BCUT2D eigenvalue weighted by Gasteiger charge is 2.28. The first-order valence-corrected chi connectivity index (χ1v) is 9.48. The van der Waals surface area contributed by atoms with E-state index in [0.29, 0.717) is 42.9 Å². The fraction of sp³-hybridized carbons (Fsp3) is 0.286. The monoisotopic (exact) mass is 391 g/mol. The van der Waals surface area contributed by atoms with Crippen molar-refractivity contribution in [3.8, 4) is 11.3 Å². The van der Waals surface area contributed by atoms with Crippen LogP contribution in [0.5, 0.6) is 0 Å². The van der Waals surface area contributed by atoms with Gasteiger partial charge in [-0.05, 0) is 19.8 Å². The molecule has 1 aromatic carbocycles. The van der Waals surface area contributed by atoms with Gasteiger partial charge in [-0.15, -0.1) is 0 Å². The Hall–Kier alpha value is -3.55. The molecule has 8 nitrogen and oxygen atoms in total. The van der Waals surface area contributed by atoms with E-state index >= 15 is 0 Å². The number of carbonyl (C=O) groups is 2. The summed E-state index contributed by atoms with van der Waals surface area (Å²) in [5.41, 5.74) is 2.85. The van der Waals surface area contributed by atoms with Crippen LogP contribution < -0.4 is 0 Å². The fourth-order valence-electron chi connectivity index (χ4n) is 3.80. The Labute approximate surface area is 167 Å². The van der Waals surface area contributed by atoms with E-state index in [1.807, 2.05) is 30.3 Å². The number of benzene rings is 1. The van der Waals surface area contributed by atoms with E-state index in [9.17, 15) is 14.7 Å². The van der Waals surface area contributed by atoms with Gasteiger partial charge in [-0.1, -0.05) is 30.3 Å². The van der Waals surface area contributed by atoms with Gasteiger partial charge in [0.25, 0.3) is 5.91 Å². The molecule has 8 heteroatoms. The lowest BCUT2D eigenvalue weighted by molar-refractivity contribution is 0.0688. The van der Waals surface area contributed by atoms with Crippen LogP contribution in [0.15, 0.2) is 49.1 Å². The molecule has 1 saturated heterocycles. The molecule has 1 N–H and O–H groups in total. The van der Waals surface area contributed by atoms with Gasteiger partial charge in [-0.25, -0.2) is 14.8 Å². The predicted octanol–water partition coefficient (Wildman–Crippen LogP) is 2.82. The van der Waals surface area contributed by atoms with E-state index in [0.717, 1.165) is 5.56 Å². The molecule has 0 bridgehead atoms. The molecule has 1 aliphatic heterocycles. The molecule has 29 heavy (non-hydrogen) atoms. The number of hydrogen-bond acceptors (Lipinski definition) is 5. The summed E-state index contributed by atoms with van der Waals surface area (Å²) in [6.07, 6.45) is 5.83. The highest BCUT2D eigenvalue weighted by atomic mass is 16.4. The molecule has 4 rings (SSSR count). The van der Waals surface area contributed by atoms with E-state index in [1.54, 1.807) is 22.7 Å². The summed E-state index contributed by atoms with van der Waals surface area (Å²) in [5, 5.41) is 13.5. The van der Waals surface area contributed by atoms with Crippen LogP contribution in [0.3, 0.4) is 0 Å². The van der Waals surface area contributed by atoms with Gasteiger partial charge in [0, 0.05) is 24.8 Å². The lowest BCUT2D eigenvalue weighted by atomic mass is 10.0. The normalized spacial score (nSPS) is 14.7. The minimum atomic E-state index is -0.973. The number of amides is 1. The first-order chi connectivity index (χ1) is 14.1. The summed E-state index contributed by atoms with van der Waals surface area (Å²) in [6.45, 7) is 2.89. The predicted molar refractivity (Wildman–Crippen MR) is 106 cm³/mol. The van der Waals surface area contributed by atoms with E-state index < -0.39 is 5.97 Å². The molecule has 3 heterocycles. The average Bonchev–Trinajstić information content (AvgIpc) is 3.15. The number of carbonyl (C=O) groups excluding carboxylic acids is 1. The van der Waals surface area contributed by atoms with Gasteiger partial charge in [-0.2, -0.15) is 5.10 Å². The number of piperidine rings is 1. The molecule has 148 valence electrons. The SMILES string of the molecule is Cc1c(C(=O)O)cnn1C1CCN(C(=O)c2cncnc2-c2ccccc2)CC1. The Morgan fingerprint density at radius 2 is 1.79 bits per heavy atom. The second kappa shape index (κ2) is 7.83. The molecule has 2 aromatic heterocycles. The molecule has 1 aliphatic rings. The third-order valence-electron chi connectivity index (χ3n) is 5.36. The Balaban J connectivity index is 1.50. The second-order valence-electron chi connectivity index (χ2n) is 7.07. The maximum Gasteiger partial charge on any atom is 0.339 e. The van der Waals surface area contributed by atoms with Crippen LogP contribution in [-0.2, 0) is 0 Å². The fourth-order valence-corrected chi connectivity index (χ4v) is 3.80. The van der Waals surface area contributed by atoms with Crippen LogP contribution in [0.4, 0.5) is 0 Å². The molecule has 0 atom stereocenters. The number of hydrogen-bond donors (Lipinski definition) is 1. The third-order valence-corrected chi connectivity index (χ3v) is 5.36. The Bertz CT molecular complexity index is 1040. The molecule has 0 unspecified atom stereocenters. The summed E-state index contributed by atoms with van der Waals surface area (Å²) >= 11 is 0. The van der Waals surface area contributed by atoms with Gasteiger partial charge >= 0.3 is 5.97 Å². The molecule has 0 radical (unpaired) electrons. The summed E-state index contributed by atoms with van der Waals surface area (Å²) in [6, 6.07) is 9.67. The first kappa shape index (κ1) is 18.8. The van der Waals surface area contributed by atoms with Crippen LogP contribution in [0.25, 0.3) is 11.3 Å². The summed E-state index contributed by atoms with van der Waals surface area (Å²) in [4.78, 5) is 34.6. The van der Waals surface area contributed by atoms with Crippen LogP contribution >= 0.6 is 0 Å². The largest absolute Gasteiger partial charge is 0.478 e. The second-order valence-corrected chi connectivity index (χ2v) is 7.07. The maximum atomic E-state index is 13.1. The zero-order valence-electron chi connectivity index (χ0n) is 16.0. The highest BCUT2D eigenvalue weighted by Crippen LogP contribution is 2.27. The van der Waals surface area contributed by atoms with Crippen molar-refractivity contribution < 1.29 is 14.7 Å². The zero-order chi connectivity index (χ0) is 20.4. The molecule has 3 aromatic rings. The van der Waals surface area contributed by atoms with Crippen molar-refractivity contribution in [2.45, 2.75) is 25.8 Å². The smallest absolute Gasteiger partial charge is 0.339 e. The number of carboxylic acids is 1. The van der Waals surface area contributed by atoms with E-state index in [-0.39, 0.29) is 17.5 Å². The van der Waals surface area contributed by atoms with Gasteiger partial charge in [0.05, 0.1) is 29.2 Å². The quantitative estimate of drug-likeness (QED) is 0.734. The minimum Gasteiger partial charge on any atom is -0.478 e. The molecule has 1 fully saturated rings. The van der Waals surface area contributed by atoms with Crippen molar-refractivity contribution in [2.75, 3.05) is 13.1 Å². The number of likely N-dealkylation sites (tertiary alicyclic amines) is 1.